The fourth-order valence-corrected chi connectivity index (χ4v) is 6.84. The van der Waals surface area contributed by atoms with Crippen LogP contribution in [-0.4, -0.2) is 238 Å². The van der Waals surface area contributed by atoms with Crippen molar-refractivity contribution in [2.75, 3.05) is 238 Å². The second kappa shape index (κ2) is 55.0. The van der Waals surface area contributed by atoms with Gasteiger partial charge in [-0.2, -0.15) is 0 Å². The first-order valence-electron chi connectivity index (χ1n) is 27.8. The Kier molecular flexibility index (Phi) is 54.5. The van der Waals surface area contributed by atoms with Crippen LogP contribution < -0.4 is 0 Å². The van der Waals surface area contributed by atoms with Gasteiger partial charge in [0, 0.05) is 52.9 Å². The molecule has 0 N–H and O–H groups in total. The van der Waals surface area contributed by atoms with Crippen molar-refractivity contribution in [1.29, 1.82) is 0 Å². The van der Waals surface area contributed by atoms with Crippen molar-refractivity contribution in [3.63, 3.8) is 0 Å². The third-order valence-electron chi connectivity index (χ3n) is 10.5. The van der Waals surface area contributed by atoms with E-state index in [1.807, 2.05) is 6.92 Å². The molecule has 0 amide bonds. The highest BCUT2D eigenvalue weighted by Crippen LogP contribution is 2.28. The Bertz CT molecular complexity index is 976. The van der Waals surface area contributed by atoms with Crippen molar-refractivity contribution in [3.8, 4) is 0 Å². The molecule has 0 aromatic heterocycles. The van der Waals surface area contributed by atoms with Crippen molar-refractivity contribution in [2.24, 2.45) is 16.2 Å². The normalized spacial score (nSPS) is 12.5. The Morgan fingerprint density at radius 1 is 0.153 bits per heavy atom. The molecule has 0 atom stereocenters. The smallest absolute Gasteiger partial charge is 0.0700 e. The summed E-state index contributed by atoms with van der Waals surface area (Å²) in [7, 11) is 0. The average molecular weight is 1050 g/mol. The van der Waals surface area contributed by atoms with Gasteiger partial charge in [0.15, 0.2) is 0 Å². The molecule has 0 aliphatic carbocycles. The molecular formula is C54H110O18. The fourth-order valence-electron chi connectivity index (χ4n) is 6.84. The molecule has 0 saturated heterocycles. The lowest BCUT2D eigenvalue weighted by Gasteiger charge is -2.38. The standard InChI is InChI=1S/C54H110O18/c1-9-17-56-25-33-64-41-52(40-63-32-24-55-16-8,42-65-34-26-57-18-10-2)48-71-50-54(46-69-38-30-61-22-14-6,47-70-39-31-62-23-15-7)51-72-49-53(43-66-35-27-58-19-11-3,44-67-36-28-59-20-12-4)45-68-37-29-60-21-13-5/h9-51H2,1-8H3. The van der Waals surface area contributed by atoms with E-state index < -0.39 is 16.2 Å². The lowest BCUT2D eigenvalue weighted by atomic mass is 9.89. The summed E-state index contributed by atoms with van der Waals surface area (Å²) in [6.45, 7) is 32.3. The van der Waals surface area contributed by atoms with Crippen LogP contribution in [-0.2, 0) is 85.3 Å². The zero-order valence-corrected chi connectivity index (χ0v) is 47.3. The highest BCUT2D eigenvalue weighted by Gasteiger charge is 2.39. The van der Waals surface area contributed by atoms with E-state index in [1.54, 1.807) is 0 Å². The highest BCUT2D eigenvalue weighted by molar-refractivity contribution is 4.85. The maximum absolute atomic E-state index is 6.90. The second-order valence-corrected chi connectivity index (χ2v) is 18.4. The zero-order chi connectivity index (χ0) is 52.6. The predicted octanol–water partition coefficient (Wildman–Crippen LogP) is 7.13. The molecule has 0 bridgehead atoms. The number of ether oxygens (including phenoxy) is 18. The van der Waals surface area contributed by atoms with Gasteiger partial charge in [0.2, 0.25) is 0 Å². The molecule has 0 radical (unpaired) electrons. The SMILES string of the molecule is CCCOCCOCC(COCCOCC)(COCCOCCC)COCC(COCCOCCC)(COCCOCCC)COCC(COCCOCCC)(COCCOCCC)COCCOCCC. The molecular weight excluding hydrogens is 937 g/mol. The summed E-state index contributed by atoms with van der Waals surface area (Å²) in [5, 5.41) is 0. The van der Waals surface area contributed by atoms with Crippen molar-refractivity contribution < 1.29 is 85.3 Å². The summed E-state index contributed by atoms with van der Waals surface area (Å²) < 4.78 is 111. The molecule has 0 aliphatic rings. The topological polar surface area (TPSA) is 166 Å². The van der Waals surface area contributed by atoms with Gasteiger partial charge in [-0.15, -0.1) is 0 Å². The van der Waals surface area contributed by atoms with Crippen LogP contribution in [0.1, 0.15) is 100 Å². The van der Waals surface area contributed by atoms with Crippen molar-refractivity contribution in [1.82, 2.24) is 0 Å². The summed E-state index contributed by atoms with van der Waals surface area (Å²) >= 11 is 0. The van der Waals surface area contributed by atoms with Crippen molar-refractivity contribution in [2.45, 2.75) is 100 Å². The van der Waals surface area contributed by atoms with Crippen LogP contribution in [0.15, 0.2) is 0 Å². The molecule has 0 fully saturated rings. The van der Waals surface area contributed by atoms with Crippen molar-refractivity contribution >= 4 is 0 Å². The molecule has 0 aromatic rings. The van der Waals surface area contributed by atoms with Crippen LogP contribution >= 0.6 is 0 Å². The van der Waals surface area contributed by atoms with Gasteiger partial charge in [-0.05, 0) is 51.9 Å². The molecule has 434 valence electrons. The Labute approximate surface area is 438 Å². The lowest BCUT2D eigenvalue weighted by molar-refractivity contribution is -0.162. The molecule has 0 unspecified atom stereocenters. The van der Waals surface area contributed by atoms with Gasteiger partial charge in [0.1, 0.15) is 0 Å². The minimum atomic E-state index is -0.787. The van der Waals surface area contributed by atoms with Crippen molar-refractivity contribution in [3.05, 3.63) is 0 Å². The number of rotatable bonds is 63. The summed E-state index contributed by atoms with van der Waals surface area (Å²) in [5.41, 5.74) is -2.17. The van der Waals surface area contributed by atoms with Gasteiger partial charge in [0.25, 0.3) is 0 Å². The van der Waals surface area contributed by atoms with Crippen LogP contribution in [0.2, 0.25) is 0 Å². The van der Waals surface area contributed by atoms with Gasteiger partial charge in [-0.25, -0.2) is 0 Å². The molecule has 0 heterocycles. The Morgan fingerprint density at radius 2 is 0.292 bits per heavy atom. The van der Waals surface area contributed by atoms with Crippen LogP contribution in [0.5, 0.6) is 0 Å². The molecule has 18 heteroatoms. The zero-order valence-electron chi connectivity index (χ0n) is 47.3. The van der Waals surface area contributed by atoms with Crippen LogP contribution in [0.4, 0.5) is 0 Å². The molecule has 0 aliphatic heterocycles. The van der Waals surface area contributed by atoms with Gasteiger partial charge in [0.05, 0.1) is 201 Å². The monoisotopic (exact) mass is 1050 g/mol. The number of hydrogen-bond acceptors (Lipinski definition) is 18. The fraction of sp³-hybridized carbons (Fsp3) is 1.00. The first-order chi connectivity index (χ1) is 35.4. The van der Waals surface area contributed by atoms with E-state index in [4.69, 9.17) is 85.3 Å². The van der Waals surface area contributed by atoms with Gasteiger partial charge < -0.3 is 85.3 Å². The Morgan fingerprint density at radius 3 is 0.444 bits per heavy atom. The predicted molar refractivity (Wildman–Crippen MR) is 280 cm³/mol. The van der Waals surface area contributed by atoms with Gasteiger partial charge in [-0.1, -0.05) is 48.5 Å². The number of hydrogen-bond donors (Lipinski definition) is 0. The largest absolute Gasteiger partial charge is 0.380 e. The summed E-state index contributed by atoms with van der Waals surface area (Å²) in [6, 6.07) is 0. The molecule has 0 spiro atoms. The minimum absolute atomic E-state index is 0.216. The first-order valence-corrected chi connectivity index (χ1v) is 27.8. The summed E-state index contributed by atoms with van der Waals surface area (Å²) in [4.78, 5) is 0. The average Bonchev–Trinajstić information content (AvgIpc) is 3.38. The third kappa shape index (κ3) is 43.4. The van der Waals surface area contributed by atoms with Gasteiger partial charge >= 0.3 is 0 Å². The van der Waals surface area contributed by atoms with Crippen LogP contribution in [0, 0.1) is 16.2 Å². The summed E-state index contributed by atoms with van der Waals surface area (Å²) in [5.74, 6) is 0. The van der Waals surface area contributed by atoms with Gasteiger partial charge in [-0.3, -0.25) is 0 Å². The van der Waals surface area contributed by atoms with E-state index in [1.165, 1.54) is 0 Å². The van der Waals surface area contributed by atoms with E-state index in [2.05, 4.69) is 48.5 Å². The molecule has 72 heavy (non-hydrogen) atoms. The maximum Gasteiger partial charge on any atom is 0.0700 e. The Balaban J connectivity index is 6.99. The third-order valence-corrected chi connectivity index (χ3v) is 10.5. The molecule has 0 aromatic carbocycles. The Hall–Kier alpha value is -0.720. The summed E-state index contributed by atoms with van der Waals surface area (Å²) in [6.07, 6.45) is 6.51. The van der Waals surface area contributed by atoms with Crippen LogP contribution in [0.25, 0.3) is 0 Å². The molecule has 0 saturated carbocycles. The maximum atomic E-state index is 6.90. The van der Waals surface area contributed by atoms with E-state index in [0.29, 0.717) is 198 Å². The quantitative estimate of drug-likeness (QED) is 0.0564. The second-order valence-electron chi connectivity index (χ2n) is 18.4. The van der Waals surface area contributed by atoms with E-state index in [0.717, 1.165) is 44.9 Å². The lowest BCUT2D eigenvalue weighted by Crippen LogP contribution is -2.48. The van der Waals surface area contributed by atoms with E-state index in [-0.39, 0.29) is 39.6 Å². The van der Waals surface area contributed by atoms with E-state index >= 15 is 0 Å². The molecule has 18 nitrogen and oxygen atoms in total. The molecule has 0 rings (SSSR count). The van der Waals surface area contributed by atoms with Crippen LogP contribution in [0.3, 0.4) is 0 Å². The van der Waals surface area contributed by atoms with E-state index in [9.17, 15) is 0 Å². The minimum Gasteiger partial charge on any atom is -0.380 e. The highest BCUT2D eigenvalue weighted by atomic mass is 16.6. The first kappa shape index (κ1) is 71.3.